The van der Waals surface area contributed by atoms with Gasteiger partial charge in [-0.3, -0.25) is 9.63 Å². The number of benzene rings is 1. The molecule has 1 aromatic carbocycles. The zero-order valence-electron chi connectivity index (χ0n) is 8.49. The van der Waals surface area contributed by atoms with Gasteiger partial charge in [-0.15, -0.1) is 11.6 Å². The second-order valence-corrected chi connectivity index (χ2v) is 3.21. The van der Waals surface area contributed by atoms with Crippen LogP contribution < -0.4 is 10.2 Å². The average Bonchev–Trinajstić information content (AvgIpc) is 2.28. The van der Waals surface area contributed by atoms with Gasteiger partial charge in [0, 0.05) is 5.56 Å². The predicted octanol–water partition coefficient (Wildman–Crippen LogP) is 1.65. The van der Waals surface area contributed by atoms with Gasteiger partial charge in [0.1, 0.15) is 11.1 Å². The van der Waals surface area contributed by atoms with Crippen LogP contribution in [-0.4, -0.2) is 20.1 Å². The highest BCUT2D eigenvalue weighted by atomic mass is 35.5. The van der Waals surface area contributed by atoms with Crippen molar-refractivity contribution < 1.29 is 14.4 Å². The molecule has 1 aromatic rings. The lowest BCUT2D eigenvalue weighted by atomic mass is 10.1. The molecule has 0 heterocycles. The minimum Gasteiger partial charge on any atom is -0.496 e. The van der Waals surface area contributed by atoms with Gasteiger partial charge >= 0.3 is 0 Å². The minimum atomic E-state index is -0.832. The van der Waals surface area contributed by atoms with Crippen LogP contribution in [-0.2, 0) is 9.63 Å². The molecule has 0 aliphatic carbocycles. The molecule has 1 atom stereocenters. The molecule has 4 nitrogen and oxygen atoms in total. The third kappa shape index (κ3) is 2.84. The lowest BCUT2D eigenvalue weighted by molar-refractivity contribution is -0.131. The summed E-state index contributed by atoms with van der Waals surface area (Å²) in [5, 5.41) is -0.832. The molecule has 0 saturated carbocycles. The molecule has 1 N–H and O–H groups in total. The lowest BCUT2D eigenvalue weighted by Crippen LogP contribution is -2.25. The van der Waals surface area contributed by atoms with Crippen LogP contribution in [0.15, 0.2) is 24.3 Å². The quantitative estimate of drug-likeness (QED) is 0.631. The molecule has 0 radical (unpaired) electrons. The highest BCUT2D eigenvalue weighted by molar-refractivity contribution is 6.30. The van der Waals surface area contributed by atoms with E-state index in [9.17, 15) is 4.79 Å². The van der Waals surface area contributed by atoms with E-state index in [1.165, 1.54) is 14.2 Å². The molecular weight excluding hydrogens is 218 g/mol. The number of carbonyl (C=O) groups excluding carboxylic acids is 1. The Labute approximate surface area is 93.1 Å². The van der Waals surface area contributed by atoms with Crippen LogP contribution in [0.2, 0.25) is 0 Å². The molecule has 82 valence electrons. The molecule has 0 saturated heterocycles. The minimum absolute atomic E-state index is 0.427. The van der Waals surface area contributed by atoms with Gasteiger partial charge in [-0.25, -0.2) is 5.48 Å². The van der Waals surface area contributed by atoms with Gasteiger partial charge in [0.2, 0.25) is 0 Å². The highest BCUT2D eigenvalue weighted by Gasteiger charge is 2.20. The second kappa shape index (κ2) is 5.58. The fourth-order valence-electron chi connectivity index (χ4n) is 1.17. The van der Waals surface area contributed by atoms with Crippen molar-refractivity contribution in [2.75, 3.05) is 14.2 Å². The van der Waals surface area contributed by atoms with Crippen molar-refractivity contribution in [3.63, 3.8) is 0 Å². The molecule has 0 fully saturated rings. The van der Waals surface area contributed by atoms with Crippen molar-refractivity contribution in [3.05, 3.63) is 29.8 Å². The molecule has 0 spiro atoms. The second-order valence-electron chi connectivity index (χ2n) is 2.77. The molecule has 0 bridgehead atoms. The zero-order chi connectivity index (χ0) is 11.3. The number of hydroxylamine groups is 1. The number of nitrogens with one attached hydrogen (secondary N) is 1. The summed E-state index contributed by atoms with van der Waals surface area (Å²) in [5.41, 5.74) is 2.78. The van der Waals surface area contributed by atoms with Crippen LogP contribution in [0, 0.1) is 0 Å². The maximum atomic E-state index is 11.4. The number of rotatable bonds is 4. The van der Waals surface area contributed by atoms with E-state index in [4.69, 9.17) is 16.3 Å². The van der Waals surface area contributed by atoms with Gasteiger partial charge in [0.05, 0.1) is 14.2 Å². The first kappa shape index (κ1) is 11.8. The Morgan fingerprint density at radius 1 is 1.40 bits per heavy atom. The van der Waals surface area contributed by atoms with Crippen LogP contribution in [0.25, 0.3) is 0 Å². The number of hydrogen-bond acceptors (Lipinski definition) is 3. The van der Waals surface area contributed by atoms with Crippen molar-refractivity contribution in [2.24, 2.45) is 0 Å². The third-order valence-corrected chi connectivity index (χ3v) is 2.28. The van der Waals surface area contributed by atoms with Gasteiger partial charge in [-0.05, 0) is 6.07 Å². The van der Waals surface area contributed by atoms with Crippen molar-refractivity contribution in [3.8, 4) is 5.75 Å². The SMILES string of the molecule is CONC(=O)C(Cl)c1ccccc1OC. The van der Waals surface area contributed by atoms with Crippen molar-refractivity contribution in [1.29, 1.82) is 0 Å². The standard InChI is InChI=1S/C10H12ClNO3/c1-14-8-6-4-3-5-7(8)9(11)10(13)12-15-2/h3-6,9H,1-2H3,(H,12,13). The summed E-state index contributed by atoms with van der Waals surface area (Å²) in [4.78, 5) is 15.9. The Morgan fingerprint density at radius 3 is 2.67 bits per heavy atom. The van der Waals surface area contributed by atoms with E-state index in [-0.39, 0.29) is 0 Å². The molecule has 1 unspecified atom stereocenters. The van der Waals surface area contributed by atoms with E-state index in [0.29, 0.717) is 11.3 Å². The van der Waals surface area contributed by atoms with Crippen LogP contribution >= 0.6 is 11.6 Å². The van der Waals surface area contributed by atoms with Gasteiger partial charge < -0.3 is 4.74 Å². The molecule has 15 heavy (non-hydrogen) atoms. The van der Waals surface area contributed by atoms with E-state index in [2.05, 4.69) is 10.3 Å². The normalized spacial score (nSPS) is 11.9. The maximum absolute atomic E-state index is 11.4. The van der Waals surface area contributed by atoms with Crippen molar-refractivity contribution in [2.45, 2.75) is 5.38 Å². The monoisotopic (exact) mass is 229 g/mol. The topological polar surface area (TPSA) is 47.6 Å². The van der Waals surface area contributed by atoms with Crippen LogP contribution in [0.1, 0.15) is 10.9 Å². The Morgan fingerprint density at radius 2 is 2.07 bits per heavy atom. The maximum Gasteiger partial charge on any atom is 0.266 e. The summed E-state index contributed by atoms with van der Waals surface area (Å²) in [6, 6.07) is 7.06. The Bertz CT molecular complexity index is 343. The molecule has 5 heteroatoms. The molecule has 0 aliphatic rings. The molecule has 0 aliphatic heterocycles. The lowest BCUT2D eigenvalue weighted by Gasteiger charge is -2.12. The molecular formula is C10H12ClNO3. The molecule has 1 amide bonds. The summed E-state index contributed by atoms with van der Waals surface area (Å²) in [7, 11) is 2.88. The summed E-state index contributed by atoms with van der Waals surface area (Å²) < 4.78 is 5.09. The van der Waals surface area contributed by atoms with Crippen LogP contribution in [0.5, 0.6) is 5.75 Å². The summed E-state index contributed by atoms with van der Waals surface area (Å²) in [6.07, 6.45) is 0. The largest absolute Gasteiger partial charge is 0.496 e. The van der Waals surface area contributed by atoms with E-state index >= 15 is 0 Å². The number of carbonyl (C=O) groups is 1. The highest BCUT2D eigenvalue weighted by Crippen LogP contribution is 2.29. The number of methoxy groups -OCH3 is 1. The van der Waals surface area contributed by atoms with Gasteiger partial charge in [-0.2, -0.15) is 0 Å². The Balaban J connectivity index is 2.89. The van der Waals surface area contributed by atoms with Gasteiger partial charge in [-0.1, -0.05) is 18.2 Å². The Kier molecular flexibility index (Phi) is 4.39. The third-order valence-electron chi connectivity index (χ3n) is 1.84. The first-order valence-corrected chi connectivity index (χ1v) is 4.74. The number of alkyl halides is 1. The zero-order valence-corrected chi connectivity index (χ0v) is 9.25. The summed E-state index contributed by atoms with van der Waals surface area (Å²) in [5.74, 6) is 0.146. The summed E-state index contributed by atoms with van der Waals surface area (Å²) in [6.45, 7) is 0. The fraction of sp³-hybridized carbons (Fsp3) is 0.300. The number of ether oxygens (including phenoxy) is 1. The number of para-hydroxylation sites is 1. The van der Waals surface area contributed by atoms with E-state index in [0.717, 1.165) is 0 Å². The first-order valence-electron chi connectivity index (χ1n) is 4.30. The van der Waals surface area contributed by atoms with E-state index in [1.54, 1.807) is 24.3 Å². The van der Waals surface area contributed by atoms with E-state index in [1.807, 2.05) is 0 Å². The summed E-state index contributed by atoms with van der Waals surface area (Å²) >= 11 is 5.95. The number of hydrogen-bond donors (Lipinski definition) is 1. The van der Waals surface area contributed by atoms with Gasteiger partial charge in [0.25, 0.3) is 5.91 Å². The fourth-order valence-corrected chi connectivity index (χ4v) is 1.39. The smallest absolute Gasteiger partial charge is 0.266 e. The van der Waals surface area contributed by atoms with Crippen LogP contribution in [0.4, 0.5) is 0 Å². The first-order chi connectivity index (χ1) is 7.20. The van der Waals surface area contributed by atoms with Gasteiger partial charge in [0.15, 0.2) is 0 Å². The molecule has 1 rings (SSSR count). The average molecular weight is 230 g/mol. The van der Waals surface area contributed by atoms with Crippen LogP contribution in [0.3, 0.4) is 0 Å². The molecule has 0 aromatic heterocycles. The van der Waals surface area contributed by atoms with Crippen molar-refractivity contribution in [1.82, 2.24) is 5.48 Å². The van der Waals surface area contributed by atoms with Crippen molar-refractivity contribution >= 4 is 17.5 Å². The Hall–Kier alpha value is -1.26. The number of amides is 1. The predicted molar refractivity (Wildman–Crippen MR) is 56.7 cm³/mol. The van der Waals surface area contributed by atoms with E-state index < -0.39 is 11.3 Å². The number of halogens is 1.